The molecule has 2 N–H and O–H groups in total. The largest absolute Gasteiger partial charge is 0.408 e. The van der Waals surface area contributed by atoms with Gasteiger partial charge in [0.15, 0.2) is 0 Å². The second-order valence-electron chi connectivity index (χ2n) is 4.03. The van der Waals surface area contributed by atoms with Crippen LogP contribution in [-0.4, -0.2) is 44.0 Å². The highest BCUT2D eigenvalue weighted by Crippen LogP contribution is 2.18. The third-order valence-corrected chi connectivity index (χ3v) is 3.71. The molecule has 1 aromatic heterocycles. The van der Waals surface area contributed by atoms with Crippen LogP contribution < -0.4 is 10.0 Å². The van der Waals surface area contributed by atoms with Crippen LogP contribution in [-0.2, 0) is 16.6 Å². The predicted molar refractivity (Wildman–Crippen MR) is 69.2 cm³/mol. The molecule has 0 spiro atoms. The van der Waals surface area contributed by atoms with Crippen LogP contribution in [0.1, 0.15) is 6.92 Å². The van der Waals surface area contributed by atoms with Crippen molar-refractivity contribution in [3.8, 4) is 0 Å². The van der Waals surface area contributed by atoms with E-state index >= 15 is 0 Å². The van der Waals surface area contributed by atoms with Gasteiger partial charge in [-0.25, -0.2) is 13.1 Å². The minimum absolute atomic E-state index is 0. The molecule has 0 saturated carbocycles. The molecule has 20 heavy (non-hydrogen) atoms. The van der Waals surface area contributed by atoms with Crippen molar-refractivity contribution < 1.29 is 21.6 Å². The van der Waals surface area contributed by atoms with Gasteiger partial charge in [0, 0.05) is 18.8 Å². The van der Waals surface area contributed by atoms with E-state index in [9.17, 15) is 21.6 Å². The van der Waals surface area contributed by atoms with Gasteiger partial charge in [-0.1, -0.05) is 0 Å². The summed E-state index contributed by atoms with van der Waals surface area (Å²) in [5, 5.41) is 6.21. The van der Waals surface area contributed by atoms with Gasteiger partial charge in [0.1, 0.15) is 11.4 Å². The standard InChI is InChI=1S/C9H15F3N4O2S.ClH/c1-7(13-2)3-15-19(17,18)8-4-14-16(5-8)6-9(10,11)12;/h4-5,7,13,15H,3,6H2,1-2H3;1H. The van der Waals surface area contributed by atoms with Crippen molar-refractivity contribution in [2.24, 2.45) is 0 Å². The molecule has 1 aromatic rings. The first-order valence-corrected chi connectivity index (χ1v) is 6.88. The zero-order valence-electron chi connectivity index (χ0n) is 10.8. The Morgan fingerprint density at radius 2 is 2.05 bits per heavy atom. The molecule has 11 heteroatoms. The van der Waals surface area contributed by atoms with Gasteiger partial charge >= 0.3 is 6.18 Å². The molecule has 1 unspecified atom stereocenters. The third kappa shape index (κ3) is 6.07. The van der Waals surface area contributed by atoms with E-state index in [1.165, 1.54) is 0 Å². The van der Waals surface area contributed by atoms with Crippen molar-refractivity contribution in [2.75, 3.05) is 13.6 Å². The molecule has 0 fully saturated rings. The van der Waals surface area contributed by atoms with E-state index in [4.69, 9.17) is 0 Å². The second-order valence-corrected chi connectivity index (χ2v) is 5.80. The zero-order valence-corrected chi connectivity index (χ0v) is 12.4. The Labute approximate surface area is 121 Å². The Kier molecular flexibility index (Phi) is 6.94. The molecule has 0 aliphatic carbocycles. The summed E-state index contributed by atoms with van der Waals surface area (Å²) in [6.07, 6.45) is -2.71. The van der Waals surface area contributed by atoms with E-state index in [-0.39, 0.29) is 29.9 Å². The minimum atomic E-state index is -4.44. The van der Waals surface area contributed by atoms with E-state index in [1.807, 2.05) is 0 Å². The van der Waals surface area contributed by atoms with Gasteiger partial charge in [0.05, 0.1) is 6.20 Å². The Balaban J connectivity index is 0.00000361. The highest BCUT2D eigenvalue weighted by Gasteiger charge is 2.29. The smallest absolute Gasteiger partial charge is 0.316 e. The number of nitrogens with one attached hydrogen (secondary N) is 2. The third-order valence-electron chi connectivity index (χ3n) is 2.33. The molecular formula is C9H16ClF3N4O2S. The van der Waals surface area contributed by atoms with Crippen molar-refractivity contribution >= 4 is 22.4 Å². The number of likely N-dealkylation sites (N-methyl/N-ethyl adjacent to an activating group) is 1. The Morgan fingerprint density at radius 3 is 2.55 bits per heavy atom. The van der Waals surface area contributed by atoms with Gasteiger partial charge in [0.25, 0.3) is 0 Å². The SMILES string of the molecule is CNC(C)CNS(=O)(=O)c1cnn(CC(F)(F)F)c1.Cl. The normalized spacial score (nSPS) is 13.8. The predicted octanol–water partition coefficient (Wildman–Crippen LogP) is 0.753. The van der Waals surface area contributed by atoms with Crippen molar-refractivity contribution in [1.82, 2.24) is 19.8 Å². The molecule has 0 amide bonds. The lowest BCUT2D eigenvalue weighted by molar-refractivity contribution is -0.142. The van der Waals surface area contributed by atoms with Crippen LogP contribution in [0.5, 0.6) is 0 Å². The summed E-state index contributed by atoms with van der Waals surface area (Å²) >= 11 is 0. The van der Waals surface area contributed by atoms with Crippen LogP contribution in [0.25, 0.3) is 0 Å². The van der Waals surface area contributed by atoms with Crippen molar-refractivity contribution in [3.63, 3.8) is 0 Å². The fraction of sp³-hybridized carbons (Fsp3) is 0.667. The first kappa shape index (κ1) is 19.2. The monoisotopic (exact) mass is 336 g/mol. The van der Waals surface area contributed by atoms with Crippen molar-refractivity contribution in [3.05, 3.63) is 12.4 Å². The summed E-state index contributed by atoms with van der Waals surface area (Å²) in [6, 6.07) is -0.0972. The van der Waals surface area contributed by atoms with Gasteiger partial charge in [0.2, 0.25) is 10.0 Å². The average molecular weight is 337 g/mol. The Hall–Kier alpha value is -0.840. The Morgan fingerprint density at radius 1 is 1.45 bits per heavy atom. The lowest BCUT2D eigenvalue weighted by Gasteiger charge is -2.10. The van der Waals surface area contributed by atoms with Gasteiger partial charge in [-0.2, -0.15) is 18.3 Å². The molecule has 0 bridgehead atoms. The molecule has 0 radical (unpaired) electrons. The molecule has 1 atom stereocenters. The van der Waals surface area contributed by atoms with Crippen molar-refractivity contribution in [2.45, 2.75) is 30.6 Å². The molecule has 6 nitrogen and oxygen atoms in total. The van der Waals surface area contributed by atoms with Gasteiger partial charge < -0.3 is 5.32 Å². The maximum atomic E-state index is 12.1. The molecular weight excluding hydrogens is 321 g/mol. The van der Waals surface area contributed by atoms with Crippen molar-refractivity contribution in [1.29, 1.82) is 0 Å². The van der Waals surface area contributed by atoms with E-state index in [2.05, 4.69) is 15.1 Å². The summed E-state index contributed by atoms with van der Waals surface area (Å²) < 4.78 is 62.7. The number of aromatic nitrogens is 2. The fourth-order valence-electron chi connectivity index (χ4n) is 1.17. The van der Waals surface area contributed by atoms with E-state index in [0.717, 1.165) is 12.4 Å². The lowest BCUT2D eigenvalue weighted by Crippen LogP contribution is -2.37. The highest BCUT2D eigenvalue weighted by atomic mass is 35.5. The topological polar surface area (TPSA) is 76.0 Å². The quantitative estimate of drug-likeness (QED) is 0.804. The van der Waals surface area contributed by atoms with E-state index < -0.39 is 22.7 Å². The van der Waals surface area contributed by atoms with E-state index in [1.54, 1.807) is 14.0 Å². The van der Waals surface area contributed by atoms with Crippen LogP contribution >= 0.6 is 12.4 Å². The Bertz CT molecular complexity index is 518. The number of hydrogen-bond acceptors (Lipinski definition) is 4. The number of halogens is 4. The van der Waals surface area contributed by atoms with E-state index in [0.29, 0.717) is 4.68 Å². The fourth-order valence-corrected chi connectivity index (χ4v) is 2.26. The molecule has 0 aliphatic heterocycles. The number of sulfonamides is 1. The van der Waals surface area contributed by atoms with Crippen LogP contribution in [0.15, 0.2) is 17.3 Å². The minimum Gasteiger partial charge on any atom is -0.316 e. The maximum Gasteiger partial charge on any atom is 0.408 e. The second kappa shape index (κ2) is 7.25. The number of alkyl halides is 3. The summed E-state index contributed by atoms with van der Waals surface area (Å²) in [6.45, 7) is 0.564. The summed E-state index contributed by atoms with van der Waals surface area (Å²) in [4.78, 5) is -0.292. The summed E-state index contributed by atoms with van der Waals surface area (Å²) in [5.41, 5.74) is 0. The number of nitrogens with zero attached hydrogens (tertiary/aromatic N) is 2. The molecule has 0 aromatic carbocycles. The molecule has 1 heterocycles. The van der Waals surface area contributed by atoms with Gasteiger partial charge in [-0.3, -0.25) is 4.68 Å². The number of rotatable bonds is 6. The van der Waals surface area contributed by atoms with Crippen LogP contribution in [0.4, 0.5) is 13.2 Å². The summed E-state index contributed by atoms with van der Waals surface area (Å²) in [5.74, 6) is 0. The zero-order chi connectivity index (χ0) is 14.7. The van der Waals surface area contributed by atoms with Crippen LogP contribution in [0.3, 0.4) is 0 Å². The molecule has 118 valence electrons. The van der Waals surface area contributed by atoms with Crippen LogP contribution in [0.2, 0.25) is 0 Å². The highest BCUT2D eigenvalue weighted by molar-refractivity contribution is 7.89. The molecule has 1 rings (SSSR count). The number of hydrogen-bond donors (Lipinski definition) is 2. The van der Waals surface area contributed by atoms with Gasteiger partial charge in [-0.15, -0.1) is 12.4 Å². The molecule has 0 saturated heterocycles. The maximum absolute atomic E-state index is 12.1. The average Bonchev–Trinajstić information content (AvgIpc) is 2.72. The van der Waals surface area contributed by atoms with Crippen LogP contribution in [0, 0.1) is 0 Å². The first-order chi connectivity index (χ1) is 8.64. The van der Waals surface area contributed by atoms with Gasteiger partial charge in [-0.05, 0) is 14.0 Å². The molecule has 0 aliphatic rings. The first-order valence-electron chi connectivity index (χ1n) is 5.40. The summed E-state index contributed by atoms with van der Waals surface area (Å²) in [7, 11) is -2.17. The lowest BCUT2D eigenvalue weighted by atomic mass is 10.4.